The first-order valence-corrected chi connectivity index (χ1v) is 21.4. The number of nitrogens with one attached hydrogen (secondary N) is 4. The predicted octanol–water partition coefficient (Wildman–Crippen LogP) is 2.99. The number of hydrogen-bond acceptors (Lipinski definition) is 10. The molecule has 7 rings (SSSR count). The average molecular weight is 824 g/mol. The zero-order valence-electron chi connectivity index (χ0n) is 32.3. The summed E-state index contributed by atoms with van der Waals surface area (Å²) in [5, 5.41) is 8.81. The molecule has 4 aliphatic heterocycles. The SMILES string of the molecule is C=C[C@@H]1C[C@@]12NC(=O)[C@@H]1C[C@@H](OC(=O)N3Cc4cccc(F)c4C3)CN1C(=O)[C@@H](NC(=O)N1CCOCC1)CCCCCCCNc1ccccc1S(=O)(=O)NC2=O. The summed E-state index contributed by atoms with van der Waals surface area (Å²) in [5.41, 5.74) is -0.348. The van der Waals surface area contributed by atoms with Crippen LogP contribution in [-0.2, 0) is 47.0 Å². The lowest BCUT2D eigenvalue weighted by atomic mass is 10.0. The van der Waals surface area contributed by atoms with Crippen molar-refractivity contribution < 1.29 is 46.3 Å². The van der Waals surface area contributed by atoms with E-state index in [1.54, 1.807) is 35.2 Å². The maximum absolute atomic E-state index is 14.6. The molecule has 0 aromatic heterocycles. The molecule has 4 heterocycles. The van der Waals surface area contributed by atoms with Gasteiger partial charge in [-0.25, -0.2) is 27.1 Å². The summed E-state index contributed by atoms with van der Waals surface area (Å²) in [6, 6.07) is 8.09. The third-order valence-electron chi connectivity index (χ3n) is 11.6. The molecule has 2 aromatic carbocycles. The minimum atomic E-state index is -4.42. The highest BCUT2D eigenvalue weighted by Gasteiger charge is 2.61. The van der Waals surface area contributed by atoms with Crippen LogP contribution in [0.25, 0.3) is 0 Å². The van der Waals surface area contributed by atoms with Gasteiger partial charge in [-0.1, -0.05) is 56.0 Å². The molecule has 6 amide bonds. The highest BCUT2D eigenvalue weighted by Crippen LogP contribution is 2.45. The number of urea groups is 1. The first-order chi connectivity index (χ1) is 27.9. The second-order valence-corrected chi connectivity index (χ2v) is 17.2. The Morgan fingerprint density at radius 3 is 2.50 bits per heavy atom. The van der Waals surface area contributed by atoms with Crippen molar-refractivity contribution >= 4 is 45.6 Å². The van der Waals surface area contributed by atoms with Crippen LogP contribution in [0.5, 0.6) is 0 Å². The Kier molecular flexibility index (Phi) is 12.2. The fraction of sp³-hybridized carbons (Fsp3) is 0.525. The Labute approximate surface area is 336 Å². The summed E-state index contributed by atoms with van der Waals surface area (Å²) in [6.07, 6.45) is 3.53. The summed E-state index contributed by atoms with van der Waals surface area (Å²) in [7, 11) is -4.42. The minimum absolute atomic E-state index is 0.0141. The molecule has 1 spiro atoms. The van der Waals surface area contributed by atoms with E-state index >= 15 is 0 Å². The molecule has 5 atom stereocenters. The van der Waals surface area contributed by atoms with Crippen molar-refractivity contribution in [2.24, 2.45) is 5.92 Å². The Bertz CT molecular complexity index is 2050. The maximum Gasteiger partial charge on any atom is 0.410 e. The molecule has 16 nitrogen and oxygen atoms in total. The summed E-state index contributed by atoms with van der Waals surface area (Å²) >= 11 is 0. The predicted molar refractivity (Wildman–Crippen MR) is 208 cm³/mol. The number of fused-ring (bicyclic) bond motifs is 3. The molecular formula is C40H50FN7O9S. The number of ether oxygens (including phenoxy) is 2. The van der Waals surface area contributed by atoms with Crippen molar-refractivity contribution in [2.75, 3.05) is 44.7 Å². The van der Waals surface area contributed by atoms with Gasteiger partial charge in [-0.2, -0.15) is 0 Å². The zero-order chi connectivity index (χ0) is 41.0. The lowest BCUT2D eigenvalue weighted by Crippen LogP contribution is -2.59. The van der Waals surface area contributed by atoms with Crippen LogP contribution >= 0.6 is 0 Å². The highest BCUT2D eigenvalue weighted by molar-refractivity contribution is 7.90. The Morgan fingerprint density at radius 1 is 0.983 bits per heavy atom. The normalized spacial score (nSPS) is 27.9. The number of carbonyl (C=O) groups is 5. The molecule has 18 heteroatoms. The monoisotopic (exact) mass is 823 g/mol. The van der Waals surface area contributed by atoms with E-state index in [4.69, 9.17) is 9.47 Å². The lowest BCUT2D eigenvalue weighted by molar-refractivity contribution is -0.141. The fourth-order valence-electron chi connectivity index (χ4n) is 8.25. The molecule has 312 valence electrons. The van der Waals surface area contributed by atoms with E-state index in [-0.39, 0.29) is 43.8 Å². The van der Waals surface area contributed by atoms with Crippen molar-refractivity contribution in [3.63, 3.8) is 0 Å². The van der Waals surface area contributed by atoms with Crippen molar-refractivity contribution in [1.29, 1.82) is 0 Å². The van der Waals surface area contributed by atoms with Gasteiger partial charge in [0, 0.05) is 44.1 Å². The van der Waals surface area contributed by atoms with Gasteiger partial charge in [0.15, 0.2) is 0 Å². The third-order valence-corrected chi connectivity index (χ3v) is 13.0. The Balaban J connectivity index is 1.16. The number of para-hydroxylation sites is 1. The van der Waals surface area contributed by atoms with Gasteiger partial charge in [-0.05, 0) is 43.0 Å². The van der Waals surface area contributed by atoms with Crippen molar-refractivity contribution in [2.45, 2.75) is 93.1 Å². The molecule has 1 aliphatic carbocycles. The maximum atomic E-state index is 14.6. The molecule has 2 aromatic rings. The number of morpholine rings is 1. The molecule has 4 N–H and O–H groups in total. The molecule has 2 saturated heterocycles. The number of anilines is 1. The van der Waals surface area contributed by atoms with Crippen molar-refractivity contribution in [3.8, 4) is 0 Å². The molecule has 5 aliphatic rings. The second-order valence-electron chi connectivity index (χ2n) is 15.5. The van der Waals surface area contributed by atoms with Gasteiger partial charge in [0.25, 0.3) is 15.9 Å². The lowest BCUT2D eigenvalue weighted by Gasteiger charge is -2.32. The fourth-order valence-corrected chi connectivity index (χ4v) is 9.47. The summed E-state index contributed by atoms with van der Waals surface area (Å²) in [6.45, 7) is 5.54. The van der Waals surface area contributed by atoms with Crippen molar-refractivity contribution in [3.05, 3.63) is 72.1 Å². The number of nitrogens with zero attached hydrogens (tertiary/aromatic N) is 3. The molecule has 58 heavy (non-hydrogen) atoms. The van der Waals surface area contributed by atoms with Crippen LogP contribution in [0.1, 0.15) is 62.5 Å². The van der Waals surface area contributed by atoms with Gasteiger partial charge in [-0.3, -0.25) is 19.3 Å². The molecule has 0 radical (unpaired) electrons. The summed E-state index contributed by atoms with van der Waals surface area (Å²) in [4.78, 5) is 74.0. The smallest absolute Gasteiger partial charge is 0.410 e. The summed E-state index contributed by atoms with van der Waals surface area (Å²) < 4.78 is 55.4. The van der Waals surface area contributed by atoms with Gasteiger partial charge in [0.2, 0.25) is 11.8 Å². The zero-order valence-corrected chi connectivity index (χ0v) is 33.1. The third kappa shape index (κ3) is 8.77. The first-order valence-electron chi connectivity index (χ1n) is 19.9. The van der Waals surface area contributed by atoms with Gasteiger partial charge in [0.1, 0.15) is 34.4 Å². The Hall–Kier alpha value is -5.23. The van der Waals surface area contributed by atoms with Crippen LogP contribution in [0.2, 0.25) is 0 Å². The van der Waals surface area contributed by atoms with Gasteiger partial charge >= 0.3 is 12.1 Å². The van der Waals surface area contributed by atoms with Crippen LogP contribution in [0, 0.1) is 11.7 Å². The number of amides is 6. The number of hydrogen-bond donors (Lipinski definition) is 4. The van der Waals surface area contributed by atoms with E-state index in [1.807, 2.05) is 0 Å². The summed E-state index contributed by atoms with van der Waals surface area (Å²) in [5.74, 6) is -3.37. The standard InChI is InChI=1S/C40H50FN7O9S/c1-2-27-22-40(27)37(51)45-58(54,55)34-15-8-7-13-31(34)42-16-9-5-3-4-6-14-32(43-38(52)46-17-19-56-20-18-46)36(50)48-24-28(21-33(48)35(49)44-40)57-39(53)47-23-26-11-10-12-30(41)29(26)25-47/h2,7-8,10-13,15,27-28,32-33,42H,1,3-6,9,14,16-25H2,(H,43,52)(H,44,49)(H,45,51)/t27-,28-,32+,33+,40-/m1/s1. The average Bonchev–Trinajstić information content (AvgIpc) is 3.50. The molecule has 1 saturated carbocycles. The number of sulfonamides is 1. The number of carbonyl (C=O) groups excluding carboxylic acids is 5. The number of rotatable bonds is 3. The topological polar surface area (TPSA) is 196 Å². The first kappa shape index (κ1) is 40.9. The van der Waals surface area contributed by atoms with Crippen LogP contribution in [0.3, 0.4) is 0 Å². The molecule has 0 bridgehead atoms. The van der Waals surface area contributed by atoms with Gasteiger partial charge in [-0.15, -0.1) is 6.58 Å². The van der Waals surface area contributed by atoms with Crippen LogP contribution in [0.15, 0.2) is 60.0 Å². The van der Waals surface area contributed by atoms with E-state index < -0.39 is 75.3 Å². The molecule has 3 fully saturated rings. The molecule has 0 unspecified atom stereocenters. The second kappa shape index (κ2) is 17.3. The van der Waals surface area contributed by atoms with E-state index in [2.05, 4.69) is 27.3 Å². The van der Waals surface area contributed by atoms with E-state index in [1.165, 1.54) is 28.0 Å². The quantitative estimate of drug-likeness (QED) is 0.335. The van der Waals surface area contributed by atoms with Gasteiger partial charge < -0.3 is 35.2 Å². The van der Waals surface area contributed by atoms with Crippen LogP contribution in [0.4, 0.5) is 19.7 Å². The van der Waals surface area contributed by atoms with Gasteiger partial charge in [0.05, 0.1) is 32.0 Å². The number of halogens is 1. The largest absolute Gasteiger partial charge is 0.444 e. The van der Waals surface area contributed by atoms with E-state index in [9.17, 15) is 36.8 Å². The van der Waals surface area contributed by atoms with E-state index in [0.29, 0.717) is 56.1 Å². The minimum Gasteiger partial charge on any atom is -0.444 e. The van der Waals surface area contributed by atoms with E-state index in [0.717, 1.165) is 25.7 Å². The highest BCUT2D eigenvalue weighted by atomic mass is 32.2. The van der Waals surface area contributed by atoms with Crippen LogP contribution < -0.4 is 20.7 Å². The molecular weight excluding hydrogens is 774 g/mol. The Morgan fingerprint density at radius 2 is 1.74 bits per heavy atom. The number of benzene rings is 2. The van der Waals surface area contributed by atoms with Crippen LogP contribution in [-0.4, -0.2) is 116 Å². The van der Waals surface area contributed by atoms with Crippen molar-refractivity contribution in [1.82, 2.24) is 30.1 Å².